The van der Waals surface area contributed by atoms with E-state index in [1.165, 1.54) is 0 Å². The molecule has 1 rings (SSSR count). The molecule has 0 bridgehead atoms. The van der Waals surface area contributed by atoms with Crippen LogP contribution in [0.4, 0.5) is 4.79 Å². The molecule has 1 aromatic heterocycles. The highest BCUT2D eigenvalue weighted by atomic mass is 16.6. The number of aromatic nitrogens is 1. The Hall–Kier alpha value is -1.62. The van der Waals surface area contributed by atoms with Gasteiger partial charge in [-0.3, -0.25) is 4.98 Å². The van der Waals surface area contributed by atoms with Crippen LogP contribution < -0.4 is 5.32 Å². The number of amides is 1. The first-order valence-electron chi connectivity index (χ1n) is 5.93. The molecule has 0 saturated carbocycles. The van der Waals surface area contributed by atoms with Crippen LogP contribution in [0.2, 0.25) is 0 Å². The van der Waals surface area contributed by atoms with Crippen LogP contribution in [0.5, 0.6) is 0 Å². The van der Waals surface area contributed by atoms with Crippen molar-refractivity contribution in [1.82, 2.24) is 10.3 Å². The zero-order valence-corrected chi connectivity index (χ0v) is 11.0. The molecule has 1 atom stereocenters. The first-order valence-corrected chi connectivity index (χ1v) is 5.93. The van der Waals surface area contributed by atoms with E-state index >= 15 is 0 Å². The largest absolute Gasteiger partial charge is 0.444 e. The summed E-state index contributed by atoms with van der Waals surface area (Å²) in [4.78, 5) is 15.8. The lowest BCUT2D eigenvalue weighted by Crippen LogP contribution is -2.35. The molecule has 5 nitrogen and oxygen atoms in total. The molecule has 0 fully saturated rings. The van der Waals surface area contributed by atoms with E-state index < -0.39 is 11.7 Å². The second-order valence-corrected chi connectivity index (χ2v) is 4.97. The van der Waals surface area contributed by atoms with Gasteiger partial charge in [-0.25, -0.2) is 4.79 Å². The van der Waals surface area contributed by atoms with Crippen LogP contribution in [0, 0.1) is 0 Å². The average Bonchev–Trinajstić information content (AvgIpc) is 2.27. The SMILES string of the molecule is CC(C)(C)OC(=O)N[C@@H](CCO)c1ccccn1. The topological polar surface area (TPSA) is 71.5 Å². The number of aliphatic hydroxyl groups is 1. The summed E-state index contributed by atoms with van der Waals surface area (Å²) in [7, 11) is 0. The van der Waals surface area contributed by atoms with Crippen LogP contribution in [0.1, 0.15) is 38.9 Å². The number of carbonyl (C=O) groups is 1. The number of hydrogen-bond acceptors (Lipinski definition) is 4. The Morgan fingerprint density at radius 3 is 2.72 bits per heavy atom. The second kappa shape index (κ2) is 6.35. The quantitative estimate of drug-likeness (QED) is 0.860. The number of alkyl carbamates (subject to hydrolysis) is 1. The smallest absolute Gasteiger partial charge is 0.408 e. The summed E-state index contributed by atoms with van der Waals surface area (Å²) in [6, 6.07) is 5.10. The van der Waals surface area contributed by atoms with E-state index in [2.05, 4.69) is 10.3 Å². The molecule has 0 aliphatic carbocycles. The maximum Gasteiger partial charge on any atom is 0.408 e. The number of hydrogen-bond donors (Lipinski definition) is 2. The van der Waals surface area contributed by atoms with Crippen molar-refractivity contribution < 1.29 is 14.6 Å². The Morgan fingerprint density at radius 2 is 2.22 bits per heavy atom. The highest BCUT2D eigenvalue weighted by Crippen LogP contribution is 2.15. The van der Waals surface area contributed by atoms with E-state index in [-0.39, 0.29) is 12.6 Å². The Morgan fingerprint density at radius 1 is 1.50 bits per heavy atom. The lowest BCUT2D eigenvalue weighted by molar-refractivity contribution is 0.0495. The maximum atomic E-state index is 11.7. The highest BCUT2D eigenvalue weighted by Gasteiger charge is 2.20. The summed E-state index contributed by atoms with van der Waals surface area (Å²) < 4.78 is 5.18. The lowest BCUT2D eigenvalue weighted by atomic mass is 10.1. The van der Waals surface area contributed by atoms with Gasteiger partial charge in [-0.05, 0) is 39.3 Å². The van der Waals surface area contributed by atoms with E-state index in [1.54, 1.807) is 39.1 Å². The van der Waals surface area contributed by atoms with Crippen LogP contribution >= 0.6 is 0 Å². The van der Waals surface area contributed by atoms with Crippen molar-refractivity contribution in [2.75, 3.05) is 6.61 Å². The second-order valence-electron chi connectivity index (χ2n) is 4.97. The molecule has 2 N–H and O–H groups in total. The van der Waals surface area contributed by atoms with E-state index in [1.807, 2.05) is 6.07 Å². The van der Waals surface area contributed by atoms with Crippen LogP contribution in [-0.2, 0) is 4.74 Å². The molecule has 0 aromatic carbocycles. The molecule has 0 radical (unpaired) electrons. The summed E-state index contributed by atoms with van der Waals surface area (Å²) in [6.45, 7) is 5.37. The fourth-order valence-electron chi connectivity index (χ4n) is 1.46. The number of nitrogens with zero attached hydrogens (tertiary/aromatic N) is 1. The molecule has 0 aliphatic rings. The van der Waals surface area contributed by atoms with E-state index in [9.17, 15) is 4.79 Å². The molecular formula is C13H20N2O3. The van der Waals surface area contributed by atoms with E-state index in [0.29, 0.717) is 12.1 Å². The molecular weight excluding hydrogens is 232 g/mol. The molecule has 0 aliphatic heterocycles. The van der Waals surface area contributed by atoms with Gasteiger partial charge in [0.1, 0.15) is 5.60 Å². The normalized spacial score (nSPS) is 12.9. The Labute approximate surface area is 107 Å². The predicted molar refractivity (Wildman–Crippen MR) is 68.1 cm³/mol. The van der Waals surface area contributed by atoms with Crippen LogP contribution in [0.15, 0.2) is 24.4 Å². The minimum absolute atomic E-state index is 0.0307. The molecule has 100 valence electrons. The van der Waals surface area contributed by atoms with Gasteiger partial charge < -0.3 is 15.2 Å². The third-order valence-electron chi connectivity index (χ3n) is 2.15. The Kier molecular flexibility index (Phi) is 5.09. The van der Waals surface area contributed by atoms with Crippen molar-refractivity contribution in [3.05, 3.63) is 30.1 Å². The molecule has 1 aromatic rings. The Bertz CT molecular complexity index is 374. The summed E-state index contributed by atoms with van der Waals surface area (Å²) in [5.74, 6) is 0. The third-order valence-corrected chi connectivity index (χ3v) is 2.15. The zero-order valence-electron chi connectivity index (χ0n) is 11.0. The summed E-state index contributed by atoms with van der Waals surface area (Å²) >= 11 is 0. The van der Waals surface area contributed by atoms with Gasteiger partial charge >= 0.3 is 6.09 Å². The van der Waals surface area contributed by atoms with Crippen LogP contribution in [0.25, 0.3) is 0 Å². The molecule has 1 heterocycles. The Balaban J connectivity index is 2.67. The molecule has 0 saturated heterocycles. The maximum absolute atomic E-state index is 11.7. The predicted octanol–water partition coefficient (Wildman–Crippen LogP) is 2.03. The summed E-state index contributed by atoms with van der Waals surface area (Å²) in [5.41, 5.74) is 0.162. The highest BCUT2D eigenvalue weighted by molar-refractivity contribution is 5.68. The van der Waals surface area contributed by atoms with Crippen molar-refractivity contribution in [2.45, 2.75) is 38.8 Å². The average molecular weight is 252 g/mol. The number of pyridine rings is 1. The fourth-order valence-corrected chi connectivity index (χ4v) is 1.46. The van der Waals surface area contributed by atoms with Gasteiger partial charge in [0.15, 0.2) is 0 Å². The minimum Gasteiger partial charge on any atom is -0.444 e. The van der Waals surface area contributed by atoms with Crippen LogP contribution in [0.3, 0.4) is 0 Å². The number of ether oxygens (including phenoxy) is 1. The lowest BCUT2D eigenvalue weighted by Gasteiger charge is -2.23. The molecule has 0 unspecified atom stereocenters. The molecule has 5 heteroatoms. The van der Waals surface area contributed by atoms with Crippen molar-refractivity contribution in [2.24, 2.45) is 0 Å². The summed E-state index contributed by atoms with van der Waals surface area (Å²) in [6.07, 6.45) is 1.54. The zero-order chi connectivity index (χ0) is 13.6. The van der Waals surface area contributed by atoms with Crippen molar-refractivity contribution >= 4 is 6.09 Å². The van der Waals surface area contributed by atoms with Crippen LogP contribution in [-0.4, -0.2) is 28.4 Å². The van der Waals surface area contributed by atoms with Gasteiger partial charge in [-0.1, -0.05) is 6.07 Å². The third kappa shape index (κ3) is 5.14. The van der Waals surface area contributed by atoms with Gasteiger partial charge in [-0.15, -0.1) is 0 Å². The number of aliphatic hydroxyl groups excluding tert-OH is 1. The van der Waals surface area contributed by atoms with Gasteiger partial charge in [0.05, 0.1) is 11.7 Å². The molecule has 0 spiro atoms. The first kappa shape index (κ1) is 14.4. The van der Waals surface area contributed by atoms with Crippen molar-refractivity contribution in [3.8, 4) is 0 Å². The number of carbonyl (C=O) groups excluding carboxylic acids is 1. The van der Waals surface area contributed by atoms with Gasteiger partial charge in [0.2, 0.25) is 0 Å². The van der Waals surface area contributed by atoms with E-state index in [4.69, 9.17) is 9.84 Å². The first-order chi connectivity index (χ1) is 8.42. The van der Waals surface area contributed by atoms with Crippen molar-refractivity contribution in [3.63, 3.8) is 0 Å². The molecule has 1 amide bonds. The van der Waals surface area contributed by atoms with Crippen molar-refractivity contribution in [1.29, 1.82) is 0 Å². The number of rotatable bonds is 4. The molecule has 18 heavy (non-hydrogen) atoms. The van der Waals surface area contributed by atoms with Gasteiger partial charge in [0.25, 0.3) is 0 Å². The summed E-state index contributed by atoms with van der Waals surface area (Å²) in [5, 5.41) is 11.7. The van der Waals surface area contributed by atoms with Gasteiger partial charge in [0, 0.05) is 12.8 Å². The van der Waals surface area contributed by atoms with Gasteiger partial charge in [-0.2, -0.15) is 0 Å². The fraction of sp³-hybridized carbons (Fsp3) is 0.538. The standard InChI is InChI=1S/C13H20N2O3/c1-13(2,3)18-12(17)15-11(7-9-16)10-6-4-5-8-14-10/h4-6,8,11,16H,7,9H2,1-3H3,(H,15,17)/t11-/m0/s1. The minimum atomic E-state index is -0.544. The number of nitrogens with one attached hydrogen (secondary N) is 1. The monoisotopic (exact) mass is 252 g/mol. The van der Waals surface area contributed by atoms with E-state index in [0.717, 1.165) is 0 Å².